The highest BCUT2D eigenvalue weighted by molar-refractivity contribution is 7.89. The van der Waals surface area contributed by atoms with Gasteiger partial charge in [0.25, 0.3) is 5.69 Å². The summed E-state index contributed by atoms with van der Waals surface area (Å²) in [6, 6.07) is 9.33. The van der Waals surface area contributed by atoms with Crippen molar-refractivity contribution in [3.05, 3.63) is 57.6 Å². The molecule has 0 spiro atoms. The van der Waals surface area contributed by atoms with Crippen molar-refractivity contribution in [1.82, 2.24) is 4.31 Å². The molecule has 0 bridgehead atoms. The van der Waals surface area contributed by atoms with E-state index in [1.807, 2.05) is 0 Å². The van der Waals surface area contributed by atoms with Gasteiger partial charge in [-0.1, -0.05) is 36.9 Å². The molecule has 2 aromatic carbocycles. The van der Waals surface area contributed by atoms with Crippen molar-refractivity contribution >= 4 is 38.9 Å². The summed E-state index contributed by atoms with van der Waals surface area (Å²) >= 11 is 6.14. The molecule has 0 radical (unpaired) electrons. The van der Waals surface area contributed by atoms with Crippen LogP contribution >= 0.6 is 11.6 Å². The van der Waals surface area contributed by atoms with Gasteiger partial charge < -0.3 is 10.1 Å². The number of ether oxygens (including phenoxy) is 1. The Kier molecular flexibility index (Phi) is 7.70. The van der Waals surface area contributed by atoms with Gasteiger partial charge in [-0.2, -0.15) is 4.31 Å². The van der Waals surface area contributed by atoms with Crippen LogP contribution in [0.5, 0.6) is 5.75 Å². The lowest BCUT2D eigenvalue weighted by atomic mass is 9.95. The predicted octanol–water partition coefficient (Wildman–Crippen LogP) is 4.22. The largest absolute Gasteiger partial charge is 0.495 e. The molecule has 0 atom stereocenters. The second-order valence-corrected chi connectivity index (χ2v) is 9.79. The number of non-ortho nitro benzene ring substituents is 1. The van der Waals surface area contributed by atoms with Gasteiger partial charge in [-0.05, 0) is 37.1 Å². The molecule has 11 heteroatoms. The van der Waals surface area contributed by atoms with E-state index in [0.717, 1.165) is 19.3 Å². The average Bonchev–Trinajstić information content (AvgIpc) is 2.78. The normalized spacial score (nSPS) is 14.8. The predicted molar refractivity (Wildman–Crippen MR) is 120 cm³/mol. The summed E-state index contributed by atoms with van der Waals surface area (Å²) in [5.41, 5.74) is 0.0464. The Labute approximate surface area is 191 Å². The molecular weight excluding hydrogens is 458 g/mol. The lowest BCUT2D eigenvalue weighted by molar-refractivity contribution is -0.384. The standard InChI is InChI=1S/C21H24ClN3O6S/c1-31-20-11-10-18(13-19(20)22)32(29,30)24(16-7-3-2-4-8-16)14-21(26)23-15-6-5-9-17(12-15)25(27)28/h5-6,9-13,16H,2-4,7-8,14H2,1H3,(H,23,26). The van der Waals surface area contributed by atoms with Crippen LogP contribution in [-0.4, -0.2) is 43.2 Å². The first-order valence-corrected chi connectivity index (χ1v) is 11.9. The Morgan fingerprint density at radius 3 is 2.56 bits per heavy atom. The molecule has 0 aromatic heterocycles. The molecule has 1 saturated carbocycles. The highest BCUT2D eigenvalue weighted by atomic mass is 35.5. The van der Waals surface area contributed by atoms with Crippen LogP contribution in [0.1, 0.15) is 32.1 Å². The number of halogens is 1. The second kappa shape index (κ2) is 10.3. The molecule has 9 nitrogen and oxygen atoms in total. The molecule has 172 valence electrons. The number of methoxy groups -OCH3 is 1. The van der Waals surface area contributed by atoms with E-state index in [-0.39, 0.29) is 27.3 Å². The van der Waals surface area contributed by atoms with Crippen LogP contribution < -0.4 is 10.1 Å². The number of sulfonamides is 1. The zero-order valence-corrected chi connectivity index (χ0v) is 19.1. The van der Waals surface area contributed by atoms with E-state index in [9.17, 15) is 23.3 Å². The van der Waals surface area contributed by atoms with Crippen molar-refractivity contribution in [2.24, 2.45) is 0 Å². The molecular formula is C21H24ClN3O6S. The van der Waals surface area contributed by atoms with E-state index in [1.165, 1.54) is 53.9 Å². The Morgan fingerprint density at radius 2 is 1.94 bits per heavy atom. The third-order valence-corrected chi connectivity index (χ3v) is 7.54. The molecule has 1 N–H and O–H groups in total. The molecule has 0 unspecified atom stereocenters. The van der Waals surface area contributed by atoms with Gasteiger partial charge in [0.2, 0.25) is 15.9 Å². The van der Waals surface area contributed by atoms with Crippen LogP contribution in [-0.2, 0) is 14.8 Å². The van der Waals surface area contributed by atoms with E-state index in [2.05, 4.69) is 5.32 Å². The Bertz CT molecular complexity index is 1100. The number of anilines is 1. The van der Waals surface area contributed by atoms with Crippen LogP contribution in [0.4, 0.5) is 11.4 Å². The maximum atomic E-state index is 13.5. The van der Waals surface area contributed by atoms with E-state index in [1.54, 1.807) is 0 Å². The topological polar surface area (TPSA) is 119 Å². The first-order chi connectivity index (χ1) is 15.2. The third kappa shape index (κ3) is 5.56. The van der Waals surface area contributed by atoms with E-state index < -0.39 is 27.4 Å². The fourth-order valence-corrected chi connectivity index (χ4v) is 5.75. The van der Waals surface area contributed by atoms with Crippen molar-refractivity contribution < 1.29 is 22.9 Å². The summed E-state index contributed by atoms with van der Waals surface area (Å²) in [5, 5.41) is 13.7. The number of amides is 1. The summed E-state index contributed by atoms with van der Waals surface area (Å²) in [5.74, 6) is -0.238. The molecule has 32 heavy (non-hydrogen) atoms. The van der Waals surface area contributed by atoms with Crippen molar-refractivity contribution in [1.29, 1.82) is 0 Å². The third-order valence-electron chi connectivity index (χ3n) is 5.35. The monoisotopic (exact) mass is 481 g/mol. The van der Waals surface area contributed by atoms with Crippen LogP contribution in [0.2, 0.25) is 5.02 Å². The van der Waals surface area contributed by atoms with Crippen molar-refractivity contribution in [2.75, 3.05) is 19.0 Å². The fourth-order valence-electron chi connectivity index (χ4n) is 3.76. The molecule has 1 aliphatic rings. The summed E-state index contributed by atoms with van der Waals surface area (Å²) in [6.45, 7) is -0.417. The first-order valence-electron chi connectivity index (χ1n) is 10.1. The number of nitro groups is 1. The highest BCUT2D eigenvalue weighted by Crippen LogP contribution is 2.32. The maximum Gasteiger partial charge on any atom is 0.271 e. The van der Waals surface area contributed by atoms with Crippen LogP contribution in [0.25, 0.3) is 0 Å². The Balaban J connectivity index is 1.87. The molecule has 0 saturated heterocycles. The van der Waals surface area contributed by atoms with Crippen molar-refractivity contribution in [3.63, 3.8) is 0 Å². The van der Waals surface area contributed by atoms with Gasteiger partial charge in [0.1, 0.15) is 5.75 Å². The van der Waals surface area contributed by atoms with Gasteiger partial charge in [0.15, 0.2) is 0 Å². The van der Waals surface area contributed by atoms with Crippen molar-refractivity contribution in [2.45, 2.75) is 43.0 Å². The number of benzene rings is 2. The number of rotatable bonds is 8. The SMILES string of the molecule is COc1ccc(S(=O)(=O)N(CC(=O)Nc2cccc([N+](=O)[O-])c2)C2CCCCC2)cc1Cl. The number of hydrogen-bond donors (Lipinski definition) is 1. The zero-order chi connectivity index (χ0) is 23.3. The number of nitrogens with zero attached hydrogens (tertiary/aromatic N) is 2. The van der Waals surface area contributed by atoms with Gasteiger partial charge in [-0.3, -0.25) is 14.9 Å². The van der Waals surface area contributed by atoms with Crippen molar-refractivity contribution in [3.8, 4) is 5.75 Å². The van der Waals surface area contributed by atoms with Crippen LogP contribution in [0, 0.1) is 10.1 Å². The maximum absolute atomic E-state index is 13.5. The van der Waals surface area contributed by atoms with Crippen LogP contribution in [0.3, 0.4) is 0 Å². The number of carbonyl (C=O) groups is 1. The van der Waals surface area contributed by atoms with E-state index in [0.29, 0.717) is 18.6 Å². The van der Waals surface area contributed by atoms with Gasteiger partial charge in [-0.25, -0.2) is 8.42 Å². The average molecular weight is 482 g/mol. The van der Waals surface area contributed by atoms with E-state index >= 15 is 0 Å². The molecule has 1 amide bonds. The first kappa shape index (κ1) is 24.0. The second-order valence-electron chi connectivity index (χ2n) is 7.49. The minimum atomic E-state index is -4.03. The highest BCUT2D eigenvalue weighted by Gasteiger charge is 2.34. The Morgan fingerprint density at radius 1 is 1.22 bits per heavy atom. The number of hydrogen-bond acceptors (Lipinski definition) is 6. The lowest BCUT2D eigenvalue weighted by Crippen LogP contribution is -2.45. The number of carbonyl (C=O) groups excluding carboxylic acids is 1. The minimum Gasteiger partial charge on any atom is -0.495 e. The Hall–Kier alpha value is -2.69. The van der Waals surface area contributed by atoms with Gasteiger partial charge in [0.05, 0.1) is 28.5 Å². The summed E-state index contributed by atoms with van der Waals surface area (Å²) in [7, 11) is -2.60. The minimum absolute atomic E-state index is 0.0305. The van der Waals surface area contributed by atoms with E-state index in [4.69, 9.17) is 16.3 Å². The smallest absolute Gasteiger partial charge is 0.271 e. The number of nitro benzene ring substituents is 1. The molecule has 2 aromatic rings. The van der Waals surface area contributed by atoms with Gasteiger partial charge in [0, 0.05) is 23.9 Å². The molecule has 0 aliphatic heterocycles. The quantitative estimate of drug-likeness (QED) is 0.445. The summed E-state index contributed by atoms with van der Waals surface area (Å²) < 4.78 is 33.2. The molecule has 1 fully saturated rings. The van der Waals surface area contributed by atoms with Gasteiger partial charge in [-0.15, -0.1) is 0 Å². The number of nitrogens with one attached hydrogen (secondary N) is 1. The zero-order valence-electron chi connectivity index (χ0n) is 17.5. The summed E-state index contributed by atoms with van der Waals surface area (Å²) in [6.07, 6.45) is 4.04. The molecule has 1 aliphatic carbocycles. The lowest BCUT2D eigenvalue weighted by Gasteiger charge is -2.33. The van der Waals surface area contributed by atoms with Gasteiger partial charge >= 0.3 is 0 Å². The summed E-state index contributed by atoms with van der Waals surface area (Å²) in [4.78, 5) is 23.1. The molecule has 0 heterocycles. The molecule has 3 rings (SSSR count). The van der Waals surface area contributed by atoms with Crippen LogP contribution in [0.15, 0.2) is 47.4 Å². The fraction of sp³-hybridized carbons (Fsp3) is 0.381.